The number of nitrogens with zero attached hydrogens (tertiary/aromatic N) is 1. The first kappa shape index (κ1) is 10.3. The van der Waals surface area contributed by atoms with Gasteiger partial charge in [-0.1, -0.05) is 12.1 Å². The number of rotatable bonds is 1. The summed E-state index contributed by atoms with van der Waals surface area (Å²) in [7, 11) is 0. The van der Waals surface area contributed by atoms with E-state index in [0.717, 1.165) is 15.6 Å². The van der Waals surface area contributed by atoms with Gasteiger partial charge in [0.1, 0.15) is 5.82 Å². The van der Waals surface area contributed by atoms with Crippen LogP contribution in [0.15, 0.2) is 41.1 Å². The average Bonchev–Trinajstić information content (AvgIpc) is 2.20. The standard InChI is InChI=1S/C12H9BrFN/c1-8-2-3-10(12(14)6-8)9-4-5-15-7-11(9)13/h2-7H,1H3. The highest BCUT2D eigenvalue weighted by molar-refractivity contribution is 9.10. The molecule has 1 aromatic carbocycles. The Balaban J connectivity index is 2.60. The van der Waals surface area contributed by atoms with Crippen molar-refractivity contribution in [1.82, 2.24) is 4.98 Å². The molecule has 1 heterocycles. The van der Waals surface area contributed by atoms with Gasteiger partial charge in [0.25, 0.3) is 0 Å². The molecule has 0 spiro atoms. The van der Waals surface area contributed by atoms with E-state index in [9.17, 15) is 4.39 Å². The average molecular weight is 266 g/mol. The highest BCUT2D eigenvalue weighted by atomic mass is 79.9. The smallest absolute Gasteiger partial charge is 0.131 e. The summed E-state index contributed by atoms with van der Waals surface area (Å²) in [5.41, 5.74) is 2.33. The van der Waals surface area contributed by atoms with Gasteiger partial charge >= 0.3 is 0 Å². The molecule has 0 unspecified atom stereocenters. The molecule has 1 aromatic heterocycles. The molecule has 0 atom stereocenters. The minimum Gasteiger partial charge on any atom is -0.264 e. The van der Waals surface area contributed by atoms with Gasteiger partial charge in [-0.05, 0) is 40.5 Å². The van der Waals surface area contributed by atoms with Crippen LogP contribution in [0.4, 0.5) is 4.39 Å². The van der Waals surface area contributed by atoms with Crippen molar-refractivity contribution in [2.24, 2.45) is 0 Å². The van der Waals surface area contributed by atoms with E-state index in [0.29, 0.717) is 5.56 Å². The van der Waals surface area contributed by atoms with Crippen LogP contribution >= 0.6 is 15.9 Å². The molecule has 15 heavy (non-hydrogen) atoms. The fraction of sp³-hybridized carbons (Fsp3) is 0.0833. The van der Waals surface area contributed by atoms with Crippen LogP contribution in [0.5, 0.6) is 0 Å². The van der Waals surface area contributed by atoms with Crippen molar-refractivity contribution >= 4 is 15.9 Å². The maximum absolute atomic E-state index is 13.7. The summed E-state index contributed by atoms with van der Waals surface area (Å²) in [5, 5.41) is 0. The van der Waals surface area contributed by atoms with Gasteiger partial charge in [0.05, 0.1) is 0 Å². The Labute approximate surface area is 96.1 Å². The van der Waals surface area contributed by atoms with E-state index < -0.39 is 0 Å². The monoisotopic (exact) mass is 265 g/mol. The summed E-state index contributed by atoms with van der Waals surface area (Å²) < 4.78 is 14.5. The van der Waals surface area contributed by atoms with E-state index in [2.05, 4.69) is 20.9 Å². The lowest BCUT2D eigenvalue weighted by Crippen LogP contribution is -1.87. The zero-order valence-corrected chi connectivity index (χ0v) is 9.75. The molecule has 0 saturated carbocycles. The SMILES string of the molecule is Cc1ccc(-c2ccncc2Br)c(F)c1. The quantitative estimate of drug-likeness (QED) is 0.761. The second-order valence-corrected chi connectivity index (χ2v) is 4.19. The molecule has 0 aliphatic carbocycles. The Morgan fingerprint density at radius 1 is 1.20 bits per heavy atom. The molecule has 0 saturated heterocycles. The normalized spacial score (nSPS) is 10.3. The van der Waals surface area contributed by atoms with E-state index in [1.54, 1.807) is 24.5 Å². The number of pyridine rings is 1. The van der Waals surface area contributed by atoms with Crippen molar-refractivity contribution in [3.05, 3.63) is 52.5 Å². The van der Waals surface area contributed by atoms with Crippen molar-refractivity contribution in [2.45, 2.75) is 6.92 Å². The van der Waals surface area contributed by atoms with E-state index in [1.165, 1.54) is 6.07 Å². The topological polar surface area (TPSA) is 12.9 Å². The second kappa shape index (κ2) is 4.11. The molecular weight excluding hydrogens is 257 g/mol. The highest BCUT2D eigenvalue weighted by Crippen LogP contribution is 2.29. The predicted molar refractivity (Wildman–Crippen MR) is 62.1 cm³/mol. The van der Waals surface area contributed by atoms with E-state index in [1.807, 2.05) is 13.0 Å². The first-order chi connectivity index (χ1) is 7.18. The molecular formula is C12H9BrFN. The third kappa shape index (κ3) is 2.07. The predicted octanol–water partition coefficient (Wildman–Crippen LogP) is 3.96. The maximum atomic E-state index is 13.7. The summed E-state index contributed by atoms with van der Waals surface area (Å²) in [6.45, 7) is 1.87. The van der Waals surface area contributed by atoms with Crippen molar-refractivity contribution in [3.8, 4) is 11.1 Å². The first-order valence-corrected chi connectivity index (χ1v) is 5.34. The van der Waals surface area contributed by atoms with Crippen LogP contribution < -0.4 is 0 Å². The lowest BCUT2D eigenvalue weighted by molar-refractivity contribution is 0.630. The number of hydrogen-bond acceptors (Lipinski definition) is 1. The second-order valence-electron chi connectivity index (χ2n) is 3.34. The van der Waals surface area contributed by atoms with Crippen LogP contribution in [0.3, 0.4) is 0 Å². The molecule has 0 amide bonds. The Hall–Kier alpha value is -1.22. The molecule has 0 radical (unpaired) electrons. The Kier molecular flexibility index (Phi) is 2.82. The Morgan fingerprint density at radius 2 is 2.00 bits per heavy atom. The number of halogens is 2. The zero-order chi connectivity index (χ0) is 10.8. The molecule has 0 aliphatic heterocycles. The van der Waals surface area contributed by atoms with Crippen molar-refractivity contribution in [2.75, 3.05) is 0 Å². The summed E-state index contributed by atoms with van der Waals surface area (Å²) in [4.78, 5) is 3.95. The molecule has 1 nitrogen and oxygen atoms in total. The lowest BCUT2D eigenvalue weighted by atomic mass is 10.0. The van der Waals surface area contributed by atoms with E-state index in [-0.39, 0.29) is 5.82 Å². The van der Waals surface area contributed by atoms with Gasteiger partial charge in [0.2, 0.25) is 0 Å². The Morgan fingerprint density at radius 3 is 2.67 bits per heavy atom. The van der Waals surface area contributed by atoms with Gasteiger partial charge in [-0.25, -0.2) is 4.39 Å². The summed E-state index contributed by atoms with van der Waals surface area (Å²) in [6, 6.07) is 7.00. The van der Waals surface area contributed by atoms with Gasteiger partial charge < -0.3 is 0 Å². The molecule has 0 aliphatic rings. The Bertz CT molecular complexity index is 497. The molecule has 2 rings (SSSR count). The van der Waals surface area contributed by atoms with Crippen LogP contribution in [-0.4, -0.2) is 4.98 Å². The molecule has 3 heteroatoms. The largest absolute Gasteiger partial charge is 0.264 e. The fourth-order valence-corrected chi connectivity index (χ4v) is 1.90. The van der Waals surface area contributed by atoms with Crippen LogP contribution in [0.1, 0.15) is 5.56 Å². The van der Waals surface area contributed by atoms with Crippen molar-refractivity contribution in [3.63, 3.8) is 0 Å². The summed E-state index contributed by atoms with van der Waals surface area (Å²) >= 11 is 3.36. The van der Waals surface area contributed by atoms with Gasteiger partial charge in [0, 0.05) is 28.0 Å². The van der Waals surface area contributed by atoms with Crippen molar-refractivity contribution < 1.29 is 4.39 Å². The summed E-state index contributed by atoms with van der Waals surface area (Å²) in [6.07, 6.45) is 3.31. The number of hydrogen-bond donors (Lipinski definition) is 0. The number of aryl methyl sites for hydroxylation is 1. The number of benzene rings is 1. The maximum Gasteiger partial charge on any atom is 0.131 e. The molecule has 0 bridgehead atoms. The van der Waals surface area contributed by atoms with E-state index in [4.69, 9.17) is 0 Å². The van der Waals surface area contributed by atoms with Crippen LogP contribution in [0.2, 0.25) is 0 Å². The first-order valence-electron chi connectivity index (χ1n) is 4.54. The third-order valence-electron chi connectivity index (χ3n) is 2.19. The van der Waals surface area contributed by atoms with Crippen LogP contribution in [0.25, 0.3) is 11.1 Å². The molecule has 2 aromatic rings. The zero-order valence-electron chi connectivity index (χ0n) is 8.17. The van der Waals surface area contributed by atoms with Gasteiger partial charge in [-0.15, -0.1) is 0 Å². The van der Waals surface area contributed by atoms with Gasteiger partial charge in [-0.2, -0.15) is 0 Å². The molecule has 0 N–H and O–H groups in total. The van der Waals surface area contributed by atoms with Crippen molar-refractivity contribution in [1.29, 1.82) is 0 Å². The summed E-state index contributed by atoms with van der Waals surface area (Å²) in [5.74, 6) is -0.207. The number of aromatic nitrogens is 1. The highest BCUT2D eigenvalue weighted by Gasteiger charge is 2.07. The van der Waals surface area contributed by atoms with Gasteiger partial charge in [-0.3, -0.25) is 4.98 Å². The molecule has 0 fully saturated rings. The van der Waals surface area contributed by atoms with Crippen LogP contribution in [-0.2, 0) is 0 Å². The third-order valence-corrected chi connectivity index (χ3v) is 2.82. The minimum absolute atomic E-state index is 0.207. The molecule has 76 valence electrons. The minimum atomic E-state index is -0.207. The van der Waals surface area contributed by atoms with Crippen LogP contribution in [0, 0.1) is 12.7 Å². The van der Waals surface area contributed by atoms with E-state index >= 15 is 0 Å². The lowest BCUT2D eigenvalue weighted by Gasteiger charge is -2.05. The fourth-order valence-electron chi connectivity index (χ4n) is 1.43. The van der Waals surface area contributed by atoms with Gasteiger partial charge in [0.15, 0.2) is 0 Å².